The van der Waals surface area contributed by atoms with Gasteiger partial charge in [0.05, 0.1) is 13.2 Å². The van der Waals surface area contributed by atoms with Gasteiger partial charge in [-0.3, -0.25) is 13.7 Å². The normalized spacial score (nSPS) is 13.2. The van der Waals surface area contributed by atoms with Gasteiger partial charge in [-0.2, -0.15) is 0 Å². The third kappa shape index (κ3) is 5.89. The summed E-state index contributed by atoms with van der Waals surface area (Å²) >= 11 is 1.45. The van der Waals surface area contributed by atoms with Gasteiger partial charge in [-0.1, -0.05) is 19.0 Å². The average molecular weight is 269 g/mol. The van der Waals surface area contributed by atoms with E-state index in [4.69, 9.17) is 13.7 Å². The van der Waals surface area contributed by atoms with Crippen molar-refractivity contribution < 1.29 is 18.2 Å². The van der Waals surface area contributed by atoms with E-state index in [1.807, 2.05) is 20.1 Å². The molecule has 0 aromatic carbocycles. The summed E-state index contributed by atoms with van der Waals surface area (Å²) in [7, 11) is -3.53. The Morgan fingerprint density at radius 1 is 1.31 bits per heavy atom. The van der Waals surface area contributed by atoms with Crippen LogP contribution >= 0.6 is 19.6 Å². The lowest BCUT2D eigenvalue weighted by molar-refractivity contribution is 0.125. The minimum Gasteiger partial charge on any atom is -0.291 e. The lowest BCUT2D eigenvalue weighted by atomic mass is 10.2. The lowest BCUT2D eigenvalue weighted by Gasteiger charge is -2.14. The van der Waals surface area contributed by atoms with Gasteiger partial charge in [0.15, 0.2) is 0 Å². The number of oxime groups is 1. The fraction of sp³-hybridized carbons (Fsp3) is 0.889. The molecule has 0 aromatic heterocycles. The third-order valence-corrected chi connectivity index (χ3v) is 3.90. The first-order chi connectivity index (χ1) is 7.49. The van der Waals surface area contributed by atoms with E-state index < -0.39 is 7.82 Å². The van der Waals surface area contributed by atoms with Crippen LogP contribution in [0.25, 0.3) is 0 Å². The van der Waals surface area contributed by atoms with Crippen molar-refractivity contribution in [1.82, 2.24) is 0 Å². The second kappa shape index (κ2) is 8.12. The van der Waals surface area contributed by atoms with Crippen LogP contribution in [0.2, 0.25) is 0 Å². The number of hydrogen-bond donors (Lipinski definition) is 0. The van der Waals surface area contributed by atoms with Gasteiger partial charge in [0, 0.05) is 5.92 Å². The Morgan fingerprint density at radius 2 is 1.81 bits per heavy atom. The molecule has 0 atom stereocenters. The molecule has 0 rings (SSSR count). The van der Waals surface area contributed by atoms with Gasteiger partial charge < -0.3 is 0 Å². The molecule has 96 valence electrons. The third-order valence-electron chi connectivity index (χ3n) is 1.51. The Kier molecular flexibility index (Phi) is 8.10. The van der Waals surface area contributed by atoms with E-state index in [1.165, 1.54) is 11.8 Å². The largest absolute Gasteiger partial charge is 0.550 e. The molecule has 0 spiro atoms. The summed E-state index contributed by atoms with van der Waals surface area (Å²) in [6.45, 7) is 7.90. The predicted molar refractivity (Wildman–Crippen MR) is 67.7 cm³/mol. The van der Waals surface area contributed by atoms with Gasteiger partial charge in [-0.15, -0.1) is 11.8 Å². The molecule has 0 bridgehead atoms. The van der Waals surface area contributed by atoms with Crippen LogP contribution in [0.3, 0.4) is 0 Å². The zero-order valence-electron chi connectivity index (χ0n) is 10.4. The summed E-state index contributed by atoms with van der Waals surface area (Å²) in [5.41, 5.74) is 0. The Balaban J connectivity index is 4.57. The number of thioether (sulfide) groups is 1. The number of phosphoric acid groups is 1. The molecule has 0 saturated heterocycles. The molecule has 0 N–H and O–H groups in total. The molecule has 0 amide bonds. The SMILES string of the molecule is CCOP(=O)(OCC)ON=C(SC)C(C)C. The zero-order valence-corrected chi connectivity index (χ0v) is 12.1. The molecule has 0 unspecified atom stereocenters. The molecule has 5 nitrogen and oxygen atoms in total. The Labute approximate surface area is 102 Å². The molecular formula is C9H20NO4PS. The second-order valence-electron chi connectivity index (χ2n) is 3.15. The van der Waals surface area contributed by atoms with Crippen LogP contribution in [0.15, 0.2) is 5.16 Å². The molecule has 0 fully saturated rings. The van der Waals surface area contributed by atoms with E-state index in [2.05, 4.69) is 5.16 Å². The van der Waals surface area contributed by atoms with E-state index in [9.17, 15) is 4.57 Å². The van der Waals surface area contributed by atoms with Crippen molar-refractivity contribution in [1.29, 1.82) is 0 Å². The summed E-state index contributed by atoms with van der Waals surface area (Å²) in [6.07, 6.45) is 1.88. The molecule has 0 radical (unpaired) electrons. The van der Waals surface area contributed by atoms with Crippen LogP contribution in [-0.4, -0.2) is 24.5 Å². The molecule has 0 heterocycles. The maximum absolute atomic E-state index is 11.9. The average Bonchev–Trinajstić information content (AvgIpc) is 2.18. The molecule has 0 aromatic rings. The van der Waals surface area contributed by atoms with Crippen LogP contribution in [0.4, 0.5) is 0 Å². The van der Waals surface area contributed by atoms with Crippen LogP contribution in [0, 0.1) is 5.92 Å². The Bertz CT molecular complexity index is 260. The van der Waals surface area contributed by atoms with Crippen molar-refractivity contribution in [2.45, 2.75) is 27.7 Å². The topological polar surface area (TPSA) is 57.1 Å². The first kappa shape index (κ1) is 16.0. The van der Waals surface area contributed by atoms with Crippen molar-refractivity contribution in [3.8, 4) is 0 Å². The van der Waals surface area contributed by atoms with Crippen LogP contribution < -0.4 is 0 Å². The lowest BCUT2D eigenvalue weighted by Crippen LogP contribution is -2.04. The molecule has 0 aliphatic carbocycles. The molecule has 0 saturated carbocycles. The summed E-state index contributed by atoms with van der Waals surface area (Å²) in [6, 6.07) is 0. The van der Waals surface area contributed by atoms with Gasteiger partial charge in [0.2, 0.25) is 0 Å². The number of nitrogens with zero attached hydrogens (tertiary/aromatic N) is 1. The van der Waals surface area contributed by atoms with Crippen molar-refractivity contribution >= 4 is 24.6 Å². The summed E-state index contributed by atoms with van der Waals surface area (Å²) in [5.74, 6) is 0.215. The molecule has 0 aliphatic rings. The zero-order chi connectivity index (χ0) is 12.6. The quantitative estimate of drug-likeness (QED) is 0.306. The molecular weight excluding hydrogens is 249 g/mol. The highest BCUT2D eigenvalue weighted by atomic mass is 32.2. The minimum absolute atomic E-state index is 0.215. The standard InChI is InChI=1S/C9H20NO4PS/c1-6-12-15(11,13-7-2)14-10-9(16-5)8(3)4/h8H,6-7H2,1-5H3. The summed E-state index contributed by atoms with van der Waals surface area (Å²) in [4.78, 5) is 0. The highest BCUT2D eigenvalue weighted by Crippen LogP contribution is 2.49. The van der Waals surface area contributed by atoms with Gasteiger partial charge in [-0.25, -0.2) is 4.57 Å². The minimum atomic E-state index is -3.53. The van der Waals surface area contributed by atoms with Crippen molar-refractivity contribution in [3.63, 3.8) is 0 Å². The Morgan fingerprint density at radius 3 is 2.12 bits per heavy atom. The first-order valence-corrected chi connectivity index (χ1v) is 7.87. The molecule has 7 heteroatoms. The van der Waals surface area contributed by atoms with Gasteiger partial charge in [0.25, 0.3) is 0 Å². The molecule has 16 heavy (non-hydrogen) atoms. The van der Waals surface area contributed by atoms with E-state index in [0.717, 1.165) is 5.04 Å². The number of phosphoric ester groups is 1. The van der Waals surface area contributed by atoms with Gasteiger partial charge in [0.1, 0.15) is 5.04 Å². The van der Waals surface area contributed by atoms with Crippen LogP contribution in [0.5, 0.6) is 0 Å². The van der Waals surface area contributed by atoms with E-state index in [-0.39, 0.29) is 19.1 Å². The maximum atomic E-state index is 11.9. The summed E-state index contributed by atoms with van der Waals surface area (Å²) < 4.78 is 26.7. The fourth-order valence-electron chi connectivity index (χ4n) is 0.869. The Hall–Kier alpha value is -0.0300. The monoisotopic (exact) mass is 269 g/mol. The summed E-state index contributed by atoms with van der Waals surface area (Å²) in [5, 5.41) is 4.57. The smallest absolute Gasteiger partial charge is 0.291 e. The van der Waals surface area contributed by atoms with Crippen molar-refractivity contribution in [2.24, 2.45) is 11.1 Å². The second-order valence-corrected chi connectivity index (χ2v) is 5.55. The van der Waals surface area contributed by atoms with Crippen LogP contribution in [0.1, 0.15) is 27.7 Å². The highest BCUT2D eigenvalue weighted by Gasteiger charge is 2.27. The van der Waals surface area contributed by atoms with E-state index in [1.54, 1.807) is 13.8 Å². The molecule has 0 aliphatic heterocycles. The van der Waals surface area contributed by atoms with E-state index >= 15 is 0 Å². The van der Waals surface area contributed by atoms with E-state index in [0.29, 0.717) is 0 Å². The maximum Gasteiger partial charge on any atom is 0.550 e. The predicted octanol–water partition coefficient (Wildman–Crippen LogP) is 3.52. The number of rotatable bonds is 7. The number of hydrogen-bond acceptors (Lipinski definition) is 6. The fourth-order valence-corrected chi connectivity index (χ4v) is 2.50. The van der Waals surface area contributed by atoms with Crippen LogP contribution in [-0.2, 0) is 18.2 Å². The first-order valence-electron chi connectivity index (χ1n) is 5.18. The van der Waals surface area contributed by atoms with Crippen molar-refractivity contribution in [3.05, 3.63) is 0 Å². The van der Waals surface area contributed by atoms with Crippen molar-refractivity contribution in [2.75, 3.05) is 19.5 Å². The highest BCUT2D eigenvalue weighted by molar-refractivity contribution is 8.13. The van der Waals surface area contributed by atoms with Gasteiger partial charge >= 0.3 is 7.82 Å². The van der Waals surface area contributed by atoms with Gasteiger partial charge in [-0.05, 0) is 20.1 Å².